The van der Waals surface area contributed by atoms with Gasteiger partial charge in [0.05, 0.1) is 15.6 Å². The van der Waals surface area contributed by atoms with Crippen molar-refractivity contribution < 1.29 is 22.7 Å². The van der Waals surface area contributed by atoms with E-state index in [0.29, 0.717) is 13.1 Å². The molecule has 10 heteroatoms. The van der Waals surface area contributed by atoms with Crippen molar-refractivity contribution in [3.63, 3.8) is 0 Å². The van der Waals surface area contributed by atoms with Gasteiger partial charge in [0.2, 0.25) is 10.0 Å². The van der Waals surface area contributed by atoms with E-state index < -0.39 is 28.0 Å². The van der Waals surface area contributed by atoms with Crippen molar-refractivity contribution in [2.75, 3.05) is 18.4 Å². The van der Waals surface area contributed by atoms with Crippen LogP contribution in [0.15, 0.2) is 46.7 Å². The lowest BCUT2D eigenvalue weighted by Gasteiger charge is -2.26. The molecule has 1 amide bonds. The molecule has 0 saturated carbocycles. The third-order valence-corrected chi connectivity index (χ3v) is 7.80. The third kappa shape index (κ3) is 6.16. The molecular weight excluding hydrogens is 460 g/mol. The maximum absolute atomic E-state index is 12.9. The molecule has 2 aromatic rings. The Hall–Kier alpha value is -2.20. The monoisotopic (exact) mass is 482 g/mol. The van der Waals surface area contributed by atoms with E-state index in [0.717, 1.165) is 24.1 Å². The average Bonchev–Trinajstić information content (AvgIpc) is 3.28. The molecule has 1 aromatic carbocycles. The number of halogens is 1. The average molecular weight is 483 g/mol. The molecule has 0 bridgehead atoms. The standard InChI is InChI=1S/C21H23ClN2O5S2/c1-15(29-20(25)10-7-16-6-5-13-30-16)21(26)23-19-14-17(8-9-18(19)22)31(27,28)24-11-3-2-4-12-24/h5-10,13-15H,2-4,11-12H2,1H3,(H,23,26)/b10-7+/t15-/m0/s1. The Bertz CT molecular complexity index is 1060. The molecule has 3 rings (SSSR count). The quantitative estimate of drug-likeness (QED) is 0.472. The molecule has 0 unspecified atom stereocenters. The zero-order valence-corrected chi connectivity index (χ0v) is 19.3. The Kier molecular flexibility index (Phi) is 7.88. The highest BCUT2D eigenvalue weighted by Gasteiger charge is 2.27. The molecule has 0 radical (unpaired) electrons. The van der Waals surface area contributed by atoms with Crippen molar-refractivity contribution in [3.05, 3.63) is 51.7 Å². The summed E-state index contributed by atoms with van der Waals surface area (Å²) in [5, 5.41) is 4.61. The number of amides is 1. The largest absolute Gasteiger partial charge is 0.449 e. The van der Waals surface area contributed by atoms with Gasteiger partial charge in [0.1, 0.15) is 0 Å². The van der Waals surface area contributed by atoms with Crippen LogP contribution in [0.4, 0.5) is 5.69 Å². The van der Waals surface area contributed by atoms with E-state index in [2.05, 4.69) is 5.32 Å². The highest BCUT2D eigenvalue weighted by atomic mass is 35.5. The van der Waals surface area contributed by atoms with Crippen LogP contribution in [0.5, 0.6) is 0 Å². The number of benzene rings is 1. The molecule has 1 fully saturated rings. The molecule has 1 aromatic heterocycles. The van der Waals surface area contributed by atoms with Gasteiger partial charge in [-0.3, -0.25) is 4.79 Å². The Morgan fingerprint density at radius 2 is 1.97 bits per heavy atom. The first-order valence-electron chi connectivity index (χ1n) is 9.80. The second-order valence-electron chi connectivity index (χ2n) is 7.02. The number of anilines is 1. The van der Waals surface area contributed by atoms with Crippen LogP contribution in [0.1, 0.15) is 31.1 Å². The van der Waals surface area contributed by atoms with E-state index in [1.54, 1.807) is 6.08 Å². The summed E-state index contributed by atoms with van der Waals surface area (Å²) in [6.45, 7) is 2.37. The first-order valence-corrected chi connectivity index (χ1v) is 12.5. The Balaban J connectivity index is 1.66. The smallest absolute Gasteiger partial charge is 0.331 e. The first kappa shape index (κ1) is 23.5. The molecule has 1 atom stereocenters. The molecule has 1 aliphatic heterocycles. The Morgan fingerprint density at radius 3 is 2.65 bits per heavy atom. The summed E-state index contributed by atoms with van der Waals surface area (Å²) in [5.74, 6) is -1.28. The van der Waals surface area contributed by atoms with Crippen molar-refractivity contribution >= 4 is 56.6 Å². The van der Waals surface area contributed by atoms with E-state index >= 15 is 0 Å². The number of hydrogen-bond acceptors (Lipinski definition) is 6. The zero-order valence-electron chi connectivity index (χ0n) is 16.9. The predicted molar refractivity (Wildman–Crippen MR) is 122 cm³/mol. The van der Waals surface area contributed by atoms with Gasteiger partial charge < -0.3 is 10.1 Å². The van der Waals surface area contributed by atoms with Gasteiger partial charge >= 0.3 is 5.97 Å². The number of ether oxygens (including phenoxy) is 1. The number of nitrogens with one attached hydrogen (secondary N) is 1. The summed E-state index contributed by atoms with van der Waals surface area (Å²) < 4.78 is 32.3. The van der Waals surface area contributed by atoms with E-state index in [1.165, 1.54) is 46.8 Å². The number of hydrogen-bond donors (Lipinski definition) is 1. The van der Waals surface area contributed by atoms with Gasteiger partial charge in [0.25, 0.3) is 5.91 Å². The van der Waals surface area contributed by atoms with Crippen LogP contribution in [-0.4, -0.2) is 43.8 Å². The van der Waals surface area contributed by atoms with E-state index in [9.17, 15) is 18.0 Å². The number of rotatable bonds is 7. The van der Waals surface area contributed by atoms with Crippen molar-refractivity contribution in [2.45, 2.75) is 37.2 Å². The van der Waals surface area contributed by atoms with Gasteiger partial charge in [-0.25, -0.2) is 13.2 Å². The van der Waals surface area contributed by atoms with Crippen molar-refractivity contribution in [2.24, 2.45) is 0 Å². The lowest BCUT2D eigenvalue weighted by Crippen LogP contribution is -2.35. The van der Waals surface area contributed by atoms with Crippen molar-refractivity contribution in [1.29, 1.82) is 0 Å². The highest BCUT2D eigenvalue weighted by Crippen LogP contribution is 2.28. The minimum absolute atomic E-state index is 0.0534. The summed E-state index contributed by atoms with van der Waals surface area (Å²) in [6.07, 6.45) is 4.39. The fraction of sp³-hybridized carbons (Fsp3) is 0.333. The zero-order chi connectivity index (χ0) is 22.4. The van der Waals surface area contributed by atoms with Gasteiger partial charge in [-0.05, 0) is 55.5 Å². The van der Waals surface area contributed by atoms with Crippen molar-refractivity contribution in [1.82, 2.24) is 4.31 Å². The van der Waals surface area contributed by atoms with Crippen LogP contribution in [0.3, 0.4) is 0 Å². The van der Waals surface area contributed by atoms with Crippen LogP contribution in [0, 0.1) is 0 Å². The number of esters is 1. The van der Waals surface area contributed by atoms with E-state index in [1.807, 2.05) is 17.5 Å². The second kappa shape index (κ2) is 10.4. The van der Waals surface area contributed by atoms with Crippen LogP contribution < -0.4 is 5.32 Å². The number of carbonyl (C=O) groups is 2. The fourth-order valence-electron chi connectivity index (χ4n) is 3.05. The molecule has 1 saturated heterocycles. The van der Waals surface area contributed by atoms with Crippen LogP contribution in [0.25, 0.3) is 6.08 Å². The van der Waals surface area contributed by atoms with E-state index in [4.69, 9.17) is 16.3 Å². The molecule has 1 aliphatic rings. The molecule has 0 spiro atoms. The summed E-state index contributed by atoms with van der Waals surface area (Å²) in [7, 11) is -3.68. The maximum atomic E-state index is 12.9. The topological polar surface area (TPSA) is 92.8 Å². The molecule has 7 nitrogen and oxygen atoms in total. The van der Waals surface area contributed by atoms with Crippen LogP contribution in [-0.2, 0) is 24.3 Å². The van der Waals surface area contributed by atoms with Crippen LogP contribution >= 0.6 is 22.9 Å². The second-order valence-corrected chi connectivity index (χ2v) is 10.3. The third-order valence-electron chi connectivity index (χ3n) is 4.74. The van der Waals surface area contributed by atoms with Gasteiger partial charge in [-0.15, -0.1) is 11.3 Å². The molecule has 2 heterocycles. The summed E-state index contributed by atoms with van der Waals surface area (Å²) in [6, 6.07) is 7.87. The highest BCUT2D eigenvalue weighted by molar-refractivity contribution is 7.89. The number of piperidine rings is 1. The fourth-order valence-corrected chi connectivity index (χ4v) is 5.38. The van der Waals surface area contributed by atoms with Gasteiger partial charge in [0, 0.05) is 24.0 Å². The number of carbonyl (C=O) groups excluding carboxylic acids is 2. The first-order chi connectivity index (χ1) is 14.8. The van der Waals surface area contributed by atoms with Gasteiger partial charge in [0.15, 0.2) is 6.10 Å². The minimum atomic E-state index is -3.68. The molecule has 166 valence electrons. The maximum Gasteiger partial charge on any atom is 0.331 e. The van der Waals surface area contributed by atoms with Crippen LogP contribution in [0.2, 0.25) is 5.02 Å². The summed E-state index contributed by atoms with van der Waals surface area (Å²) in [4.78, 5) is 25.3. The lowest BCUT2D eigenvalue weighted by molar-refractivity contribution is -0.148. The van der Waals surface area contributed by atoms with Crippen molar-refractivity contribution in [3.8, 4) is 0 Å². The minimum Gasteiger partial charge on any atom is -0.449 e. The normalized spacial score (nSPS) is 16.2. The molecule has 1 N–H and O–H groups in total. The Labute approximate surface area is 190 Å². The van der Waals surface area contributed by atoms with Gasteiger partial charge in [-0.1, -0.05) is 24.1 Å². The SMILES string of the molecule is C[C@H](OC(=O)/C=C/c1cccs1)C(=O)Nc1cc(S(=O)(=O)N2CCCCC2)ccc1Cl. The Morgan fingerprint density at radius 1 is 1.23 bits per heavy atom. The number of thiophene rings is 1. The predicted octanol–water partition coefficient (Wildman–Crippen LogP) is 4.16. The molecule has 0 aliphatic carbocycles. The number of sulfonamides is 1. The molecular formula is C21H23ClN2O5S2. The molecule has 31 heavy (non-hydrogen) atoms. The van der Waals surface area contributed by atoms with Gasteiger partial charge in [-0.2, -0.15) is 4.31 Å². The summed E-state index contributed by atoms with van der Waals surface area (Å²) >= 11 is 7.62. The van der Waals surface area contributed by atoms with E-state index in [-0.39, 0.29) is 15.6 Å². The summed E-state index contributed by atoms with van der Waals surface area (Å²) in [5.41, 5.74) is 0.141. The number of nitrogens with zero attached hydrogens (tertiary/aromatic N) is 1. The lowest BCUT2D eigenvalue weighted by atomic mass is 10.2.